The molecule has 2 nitrogen and oxygen atoms in total. The summed E-state index contributed by atoms with van der Waals surface area (Å²) >= 11 is 0. The molecule has 1 aliphatic heterocycles. The zero-order chi connectivity index (χ0) is 28.2. The first kappa shape index (κ1) is 30.4. The third-order valence-corrected chi connectivity index (χ3v) is 8.03. The van der Waals surface area contributed by atoms with Crippen LogP contribution in [0.4, 0.5) is 0 Å². The van der Waals surface area contributed by atoms with E-state index in [1.807, 2.05) is 13.8 Å². The van der Waals surface area contributed by atoms with E-state index in [9.17, 15) is 5.11 Å². The molecule has 1 heterocycles. The van der Waals surface area contributed by atoms with Gasteiger partial charge in [-0.1, -0.05) is 104 Å². The zero-order valence-corrected chi connectivity index (χ0v) is 24.8. The molecule has 2 aliphatic rings. The molecule has 0 spiro atoms. The summed E-state index contributed by atoms with van der Waals surface area (Å²) in [5.41, 5.74) is 10.1. The predicted molar refractivity (Wildman–Crippen MR) is 170 cm³/mol. The van der Waals surface area contributed by atoms with Gasteiger partial charge in [-0.25, -0.2) is 0 Å². The Morgan fingerprint density at radius 3 is 2.54 bits per heavy atom. The lowest BCUT2D eigenvalue weighted by Gasteiger charge is -2.39. The largest absolute Gasteiger partial charge is 0.396 e. The number of fused-ring (bicyclic) bond motifs is 1. The number of aliphatic hydroxyl groups is 1. The molecule has 0 saturated carbocycles. The van der Waals surface area contributed by atoms with E-state index in [4.69, 9.17) is 0 Å². The average molecular weight is 524 g/mol. The maximum atomic E-state index is 9.63. The van der Waals surface area contributed by atoms with Crippen LogP contribution in [0.5, 0.6) is 0 Å². The number of aryl methyl sites for hydroxylation is 1. The summed E-state index contributed by atoms with van der Waals surface area (Å²) in [5, 5.41) is 9.63. The molecular formula is C37H49NO. The van der Waals surface area contributed by atoms with Crippen LogP contribution in [0.2, 0.25) is 0 Å². The fraction of sp³-hybridized carbons (Fsp3) is 0.405. The number of rotatable bonds is 15. The molecule has 0 radical (unpaired) electrons. The Balaban J connectivity index is 1.86. The molecule has 208 valence electrons. The smallest absolute Gasteiger partial charge is 0.0666 e. The van der Waals surface area contributed by atoms with Crippen molar-refractivity contribution in [2.24, 2.45) is 5.92 Å². The fourth-order valence-electron chi connectivity index (χ4n) is 5.64. The minimum Gasteiger partial charge on any atom is -0.396 e. The summed E-state index contributed by atoms with van der Waals surface area (Å²) in [6.45, 7) is 18.0. The average Bonchev–Trinajstić information content (AvgIpc) is 3.10. The Morgan fingerprint density at radius 2 is 1.82 bits per heavy atom. The third kappa shape index (κ3) is 8.70. The van der Waals surface area contributed by atoms with Gasteiger partial charge >= 0.3 is 0 Å². The molecule has 2 unspecified atom stereocenters. The van der Waals surface area contributed by atoms with Crippen LogP contribution in [-0.4, -0.2) is 29.2 Å². The summed E-state index contributed by atoms with van der Waals surface area (Å²) in [6, 6.07) is 8.98. The van der Waals surface area contributed by atoms with E-state index in [0.717, 1.165) is 31.4 Å². The molecule has 0 fully saturated rings. The van der Waals surface area contributed by atoms with Crippen LogP contribution in [-0.2, 0) is 0 Å². The highest BCUT2D eigenvalue weighted by atomic mass is 16.2. The summed E-state index contributed by atoms with van der Waals surface area (Å²) in [4.78, 5) is 2.61. The van der Waals surface area contributed by atoms with E-state index >= 15 is 0 Å². The lowest BCUT2D eigenvalue weighted by molar-refractivity contribution is 0.224. The van der Waals surface area contributed by atoms with Crippen molar-refractivity contribution >= 4 is 5.57 Å². The topological polar surface area (TPSA) is 23.5 Å². The molecule has 0 amide bonds. The number of hydrogen-bond acceptors (Lipinski definition) is 2. The first-order valence-corrected chi connectivity index (χ1v) is 14.7. The van der Waals surface area contributed by atoms with Crippen LogP contribution in [0.15, 0.2) is 114 Å². The highest BCUT2D eigenvalue weighted by molar-refractivity contribution is 5.87. The number of aliphatic hydroxyl groups excluding tert-OH is 1. The minimum atomic E-state index is 0.229. The van der Waals surface area contributed by atoms with Gasteiger partial charge in [-0.2, -0.15) is 0 Å². The molecule has 1 aromatic carbocycles. The predicted octanol–water partition coefficient (Wildman–Crippen LogP) is 9.44. The van der Waals surface area contributed by atoms with Crippen LogP contribution in [0.25, 0.3) is 5.57 Å². The lowest BCUT2D eigenvalue weighted by atomic mass is 9.86. The maximum absolute atomic E-state index is 9.63. The Bertz CT molecular complexity index is 1190. The molecule has 2 heteroatoms. The second-order valence-corrected chi connectivity index (χ2v) is 11.1. The Morgan fingerprint density at radius 1 is 1.05 bits per heavy atom. The second kappa shape index (κ2) is 15.5. The molecule has 2 atom stereocenters. The van der Waals surface area contributed by atoms with Crippen LogP contribution in [0.1, 0.15) is 76.8 Å². The van der Waals surface area contributed by atoms with Gasteiger partial charge in [0, 0.05) is 24.4 Å². The van der Waals surface area contributed by atoms with Crippen LogP contribution >= 0.6 is 0 Å². The first-order chi connectivity index (χ1) is 18.8. The van der Waals surface area contributed by atoms with Crippen molar-refractivity contribution in [3.05, 3.63) is 125 Å². The van der Waals surface area contributed by atoms with Crippen molar-refractivity contribution in [2.45, 2.75) is 78.7 Å². The molecule has 0 aromatic heterocycles. The monoisotopic (exact) mass is 523 g/mol. The molecule has 39 heavy (non-hydrogen) atoms. The van der Waals surface area contributed by atoms with Gasteiger partial charge in [-0.05, 0) is 94.1 Å². The fourth-order valence-corrected chi connectivity index (χ4v) is 5.64. The van der Waals surface area contributed by atoms with Gasteiger partial charge in [0.1, 0.15) is 0 Å². The maximum Gasteiger partial charge on any atom is 0.0666 e. The van der Waals surface area contributed by atoms with Crippen molar-refractivity contribution in [1.82, 2.24) is 4.90 Å². The van der Waals surface area contributed by atoms with Crippen LogP contribution in [0.3, 0.4) is 0 Å². The molecule has 3 rings (SSSR count). The number of nitrogens with zero attached hydrogens (tertiary/aromatic N) is 1. The minimum absolute atomic E-state index is 0.229. The van der Waals surface area contributed by atoms with Gasteiger partial charge in [-0.15, -0.1) is 0 Å². The van der Waals surface area contributed by atoms with E-state index in [1.54, 1.807) is 0 Å². The molecule has 0 saturated heterocycles. The van der Waals surface area contributed by atoms with Crippen molar-refractivity contribution in [1.29, 1.82) is 0 Å². The van der Waals surface area contributed by atoms with Gasteiger partial charge in [0.05, 0.1) is 6.04 Å². The zero-order valence-electron chi connectivity index (χ0n) is 24.8. The summed E-state index contributed by atoms with van der Waals surface area (Å²) in [7, 11) is 0. The standard InChI is InChI=1S/C37H49NO/c1-7-8-10-18-32-22-23-35-26-34(25-32)37(36-21-14-13-17-30(36)5)31(6)38(35)27-33(20-15-24-39)19-12-9-11-16-29(4)28(2)3/h7-8,10,13-14,17-18,21-23,25-26,33,35,39H,2,4,9,11-12,15-16,19-20,24,27H2,1,3,5-6H3/b8-7-,18-10-. The van der Waals surface area contributed by atoms with Crippen molar-refractivity contribution in [3.63, 3.8) is 0 Å². The van der Waals surface area contributed by atoms with E-state index in [1.165, 1.54) is 64.8 Å². The highest BCUT2D eigenvalue weighted by Gasteiger charge is 2.29. The summed E-state index contributed by atoms with van der Waals surface area (Å²) in [6.07, 6.45) is 25.6. The normalized spacial score (nSPS) is 18.0. The van der Waals surface area contributed by atoms with E-state index in [0.29, 0.717) is 5.92 Å². The summed E-state index contributed by atoms with van der Waals surface area (Å²) < 4.78 is 0. The first-order valence-electron chi connectivity index (χ1n) is 14.7. The van der Waals surface area contributed by atoms with Crippen LogP contribution in [0, 0.1) is 12.8 Å². The van der Waals surface area contributed by atoms with Gasteiger partial charge in [0.15, 0.2) is 0 Å². The van der Waals surface area contributed by atoms with E-state index in [-0.39, 0.29) is 12.6 Å². The van der Waals surface area contributed by atoms with Crippen molar-refractivity contribution in [2.75, 3.05) is 13.2 Å². The second-order valence-electron chi connectivity index (χ2n) is 11.1. The van der Waals surface area contributed by atoms with E-state index < -0.39 is 0 Å². The molecule has 1 N–H and O–H groups in total. The highest BCUT2D eigenvalue weighted by Crippen LogP contribution is 2.39. The number of hydrogen-bond donors (Lipinski definition) is 1. The van der Waals surface area contributed by atoms with Crippen molar-refractivity contribution < 1.29 is 5.11 Å². The molecule has 2 bridgehead atoms. The number of allylic oxidation sites excluding steroid dienone is 12. The number of unbranched alkanes of at least 4 members (excludes halogenated alkanes) is 2. The Labute approximate surface area is 238 Å². The van der Waals surface area contributed by atoms with E-state index in [2.05, 4.69) is 105 Å². The van der Waals surface area contributed by atoms with Gasteiger partial charge in [-0.3, -0.25) is 0 Å². The van der Waals surface area contributed by atoms with Gasteiger partial charge < -0.3 is 10.0 Å². The quantitative estimate of drug-likeness (QED) is 0.183. The van der Waals surface area contributed by atoms with Crippen molar-refractivity contribution in [3.8, 4) is 0 Å². The molecule has 1 aromatic rings. The third-order valence-electron chi connectivity index (χ3n) is 8.03. The molecule has 1 aliphatic carbocycles. The lowest BCUT2D eigenvalue weighted by Crippen LogP contribution is -2.38. The van der Waals surface area contributed by atoms with Gasteiger partial charge in [0.2, 0.25) is 0 Å². The molecular weight excluding hydrogens is 474 g/mol. The Hall–Kier alpha value is -3.10. The SMILES string of the molecule is C=C(C)C(=C)CCCCCC(CCCO)CN1C(C)=C(c2ccccc2C)C2=CC1C=CC(/C=C\C=C/C)=C2. The Kier molecular flexibility index (Phi) is 12.1. The van der Waals surface area contributed by atoms with Crippen LogP contribution < -0.4 is 0 Å². The summed E-state index contributed by atoms with van der Waals surface area (Å²) in [5.74, 6) is 0.545. The van der Waals surface area contributed by atoms with Gasteiger partial charge in [0.25, 0.3) is 0 Å². The number of benzene rings is 1.